The van der Waals surface area contributed by atoms with Gasteiger partial charge in [-0.1, -0.05) is 26.0 Å². The highest BCUT2D eigenvalue weighted by atomic mass is 19.1. The van der Waals surface area contributed by atoms with Gasteiger partial charge < -0.3 is 16.0 Å². The summed E-state index contributed by atoms with van der Waals surface area (Å²) in [5.74, 6) is -1.84. The van der Waals surface area contributed by atoms with E-state index >= 15 is 0 Å². The monoisotopic (exact) mass is 435 g/mol. The van der Waals surface area contributed by atoms with Gasteiger partial charge in [-0.05, 0) is 47.9 Å². The van der Waals surface area contributed by atoms with Gasteiger partial charge in [0.1, 0.15) is 11.6 Å². The number of benzene rings is 2. The molecule has 0 aliphatic carbocycles. The number of amides is 2. The Kier molecular flexibility index (Phi) is 5.72. The number of anilines is 4. The van der Waals surface area contributed by atoms with Crippen molar-refractivity contribution < 1.29 is 14.0 Å². The minimum atomic E-state index is -0.986. The number of fused-ring (bicyclic) bond motifs is 1. The van der Waals surface area contributed by atoms with Gasteiger partial charge in [-0.3, -0.25) is 19.4 Å². The zero-order valence-electron chi connectivity index (χ0n) is 17.5. The van der Waals surface area contributed by atoms with Gasteiger partial charge in [0.2, 0.25) is 17.8 Å². The van der Waals surface area contributed by atoms with E-state index in [9.17, 15) is 18.8 Å². The van der Waals surface area contributed by atoms with Gasteiger partial charge in [0.05, 0.1) is 11.5 Å². The Morgan fingerprint density at radius 2 is 1.72 bits per heavy atom. The number of nitrogens with zero attached hydrogens (tertiary/aromatic N) is 1. The molecule has 0 spiro atoms. The summed E-state index contributed by atoms with van der Waals surface area (Å²) in [5, 5.41) is 8.18. The largest absolute Gasteiger partial charge is 0.326 e. The maximum absolute atomic E-state index is 13.1. The summed E-state index contributed by atoms with van der Waals surface area (Å²) in [6.45, 7) is 4.15. The van der Waals surface area contributed by atoms with Crippen LogP contribution in [-0.4, -0.2) is 21.8 Å². The van der Waals surface area contributed by atoms with Crippen LogP contribution < -0.4 is 21.5 Å². The third kappa shape index (κ3) is 4.51. The average molecular weight is 435 g/mol. The standard InChI is InChI=1S/C23H22FN5O3/c1-12(2)13-3-7-15(8-4-13)25-21(31)17-11-18(30)27-20-19(17)22(32)29-23(28-20)26-16-9-5-14(24)6-10-16/h3-10,12,17H,11H2,1-2H3,(H,25,31)(H3,26,27,28,29,30,32)/t17-/m1/s1. The van der Waals surface area contributed by atoms with Gasteiger partial charge in [0, 0.05) is 17.8 Å². The number of aromatic nitrogens is 2. The molecule has 4 N–H and O–H groups in total. The van der Waals surface area contributed by atoms with E-state index in [4.69, 9.17) is 0 Å². The van der Waals surface area contributed by atoms with Gasteiger partial charge in [-0.15, -0.1) is 0 Å². The summed E-state index contributed by atoms with van der Waals surface area (Å²) in [6.07, 6.45) is -0.168. The van der Waals surface area contributed by atoms with Crippen LogP contribution in [0.25, 0.3) is 0 Å². The second-order valence-electron chi connectivity index (χ2n) is 7.88. The number of nitrogens with one attached hydrogen (secondary N) is 4. The fourth-order valence-corrected chi connectivity index (χ4v) is 3.51. The van der Waals surface area contributed by atoms with Crippen molar-refractivity contribution in [3.05, 3.63) is 75.8 Å². The van der Waals surface area contributed by atoms with E-state index in [0.717, 1.165) is 5.56 Å². The lowest BCUT2D eigenvalue weighted by Gasteiger charge is -2.23. The second-order valence-corrected chi connectivity index (χ2v) is 7.88. The molecule has 1 aliphatic heterocycles. The van der Waals surface area contributed by atoms with Crippen LogP contribution in [0.1, 0.15) is 43.2 Å². The maximum Gasteiger partial charge on any atom is 0.258 e. The summed E-state index contributed by atoms with van der Waals surface area (Å²) in [4.78, 5) is 44.8. The first-order chi connectivity index (χ1) is 15.3. The second kappa shape index (κ2) is 8.62. The first-order valence-corrected chi connectivity index (χ1v) is 10.2. The van der Waals surface area contributed by atoms with E-state index in [1.54, 1.807) is 12.1 Å². The zero-order chi connectivity index (χ0) is 22.8. The predicted molar refractivity (Wildman–Crippen MR) is 120 cm³/mol. The van der Waals surface area contributed by atoms with Crippen LogP contribution in [0, 0.1) is 5.82 Å². The van der Waals surface area contributed by atoms with Crippen molar-refractivity contribution in [1.82, 2.24) is 9.97 Å². The summed E-state index contributed by atoms with van der Waals surface area (Å²) in [7, 11) is 0. The fraction of sp³-hybridized carbons (Fsp3) is 0.217. The molecule has 8 nitrogen and oxygen atoms in total. The fourth-order valence-electron chi connectivity index (χ4n) is 3.51. The van der Waals surface area contributed by atoms with Gasteiger partial charge >= 0.3 is 0 Å². The summed E-state index contributed by atoms with van der Waals surface area (Å²) in [6, 6.07) is 12.9. The number of carbonyl (C=O) groups is 2. The van der Waals surface area contributed by atoms with Gasteiger partial charge in [-0.25, -0.2) is 4.39 Å². The Bertz CT molecular complexity index is 1220. The first kappa shape index (κ1) is 21.2. The predicted octanol–water partition coefficient (Wildman–Crippen LogP) is 3.84. The number of halogens is 1. The van der Waals surface area contributed by atoms with Crippen molar-refractivity contribution in [2.24, 2.45) is 0 Å². The van der Waals surface area contributed by atoms with Gasteiger partial charge in [-0.2, -0.15) is 4.98 Å². The number of carbonyl (C=O) groups excluding carboxylic acids is 2. The number of hydrogen-bond acceptors (Lipinski definition) is 5. The number of aromatic amines is 1. The van der Waals surface area contributed by atoms with Crippen LogP contribution in [0.5, 0.6) is 0 Å². The lowest BCUT2D eigenvalue weighted by atomic mass is 9.92. The molecule has 164 valence electrons. The molecule has 0 saturated carbocycles. The molecule has 2 heterocycles. The highest BCUT2D eigenvalue weighted by Gasteiger charge is 2.34. The van der Waals surface area contributed by atoms with Crippen LogP contribution in [0.4, 0.5) is 27.5 Å². The molecule has 0 unspecified atom stereocenters. The third-order valence-electron chi connectivity index (χ3n) is 5.22. The van der Waals surface area contributed by atoms with Crippen LogP contribution >= 0.6 is 0 Å². The normalized spacial score (nSPS) is 15.1. The number of H-pyrrole nitrogens is 1. The first-order valence-electron chi connectivity index (χ1n) is 10.2. The molecule has 4 rings (SSSR count). The van der Waals surface area contributed by atoms with Crippen molar-refractivity contribution >= 4 is 35.0 Å². The van der Waals surface area contributed by atoms with E-state index in [1.807, 2.05) is 12.1 Å². The molecule has 9 heteroatoms. The minimum Gasteiger partial charge on any atom is -0.326 e. The Labute approximate surface area is 183 Å². The van der Waals surface area contributed by atoms with Gasteiger partial charge in [0.15, 0.2) is 0 Å². The zero-order valence-corrected chi connectivity index (χ0v) is 17.5. The van der Waals surface area contributed by atoms with Crippen LogP contribution in [0.2, 0.25) is 0 Å². The molecule has 3 aromatic rings. The molecule has 1 aliphatic rings. The Hall–Kier alpha value is -4.01. The number of hydrogen-bond donors (Lipinski definition) is 4. The molecule has 32 heavy (non-hydrogen) atoms. The van der Waals surface area contributed by atoms with Crippen molar-refractivity contribution in [1.29, 1.82) is 0 Å². The van der Waals surface area contributed by atoms with E-state index in [-0.39, 0.29) is 23.8 Å². The van der Waals surface area contributed by atoms with E-state index in [0.29, 0.717) is 17.3 Å². The molecule has 2 amide bonds. The van der Waals surface area contributed by atoms with Crippen molar-refractivity contribution in [3.63, 3.8) is 0 Å². The van der Waals surface area contributed by atoms with Crippen molar-refractivity contribution in [3.8, 4) is 0 Å². The van der Waals surface area contributed by atoms with E-state index in [2.05, 4.69) is 39.8 Å². The lowest BCUT2D eigenvalue weighted by molar-refractivity contribution is -0.123. The quantitative estimate of drug-likeness (QED) is 0.486. The SMILES string of the molecule is CC(C)c1ccc(NC(=O)[C@@H]2CC(=O)Nc3nc(Nc4ccc(F)cc4)[nH]c(=O)c32)cc1. The lowest BCUT2D eigenvalue weighted by Crippen LogP contribution is -2.36. The van der Waals surface area contributed by atoms with Crippen LogP contribution in [0.3, 0.4) is 0 Å². The van der Waals surface area contributed by atoms with E-state index < -0.39 is 29.1 Å². The van der Waals surface area contributed by atoms with Crippen molar-refractivity contribution in [2.75, 3.05) is 16.0 Å². The number of rotatable bonds is 5. The molecular weight excluding hydrogens is 413 g/mol. The van der Waals surface area contributed by atoms with Crippen LogP contribution in [0.15, 0.2) is 53.3 Å². The Morgan fingerprint density at radius 3 is 2.38 bits per heavy atom. The molecule has 0 radical (unpaired) electrons. The highest BCUT2D eigenvalue weighted by Crippen LogP contribution is 2.30. The van der Waals surface area contributed by atoms with Gasteiger partial charge in [0.25, 0.3) is 5.56 Å². The average Bonchev–Trinajstić information content (AvgIpc) is 2.75. The smallest absolute Gasteiger partial charge is 0.258 e. The topological polar surface area (TPSA) is 116 Å². The molecule has 1 aromatic heterocycles. The summed E-state index contributed by atoms with van der Waals surface area (Å²) < 4.78 is 13.1. The maximum atomic E-state index is 13.1. The van der Waals surface area contributed by atoms with E-state index in [1.165, 1.54) is 24.3 Å². The Balaban J connectivity index is 1.59. The summed E-state index contributed by atoms with van der Waals surface area (Å²) >= 11 is 0. The summed E-state index contributed by atoms with van der Waals surface area (Å²) in [5.41, 5.74) is 1.74. The Morgan fingerprint density at radius 1 is 1.06 bits per heavy atom. The minimum absolute atomic E-state index is 0.0184. The molecule has 0 fully saturated rings. The third-order valence-corrected chi connectivity index (χ3v) is 5.22. The molecule has 0 saturated heterocycles. The molecular formula is C23H22FN5O3. The molecule has 0 bridgehead atoms. The molecule has 2 aromatic carbocycles. The van der Waals surface area contributed by atoms with Crippen molar-refractivity contribution in [2.45, 2.75) is 32.1 Å². The molecule has 1 atom stereocenters. The highest BCUT2D eigenvalue weighted by molar-refractivity contribution is 6.04. The van der Waals surface area contributed by atoms with Crippen LogP contribution in [-0.2, 0) is 9.59 Å².